The van der Waals surface area contributed by atoms with Crippen LogP contribution in [0.4, 0.5) is 0 Å². The largest absolute Gasteiger partial charge is 0.606 e. The molecular weight excluding hydrogens is 272 g/mol. The molecule has 1 aliphatic rings. The third-order valence-corrected chi connectivity index (χ3v) is 4.75. The Morgan fingerprint density at radius 2 is 1.90 bits per heavy atom. The van der Waals surface area contributed by atoms with E-state index in [1.807, 2.05) is 36.4 Å². The molecule has 3 rings (SSSR count). The molecule has 2 unspecified atom stereocenters. The molecule has 0 amide bonds. The highest BCUT2D eigenvalue weighted by atomic mass is 32.2. The summed E-state index contributed by atoms with van der Waals surface area (Å²) in [5.41, 5.74) is 1.02. The second-order valence-corrected chi connectivity index (χ2v) is 6.30. The first-order valence-electron chi connectivity index (χ1n) is 6.68. The molecular formula is C16H16O3S. The highest BCUT2D eigenvalue weighted by molar-refractivity contribution is 7.91. The van der Waals surface area contributed by atoms with E-state index in [2.05, 4.69) is 0 Å². The molecule has 104 valence electrons. The molecule has 0 radical (unpaired) electrons. The van der Waals surface area contributed by atoms with Crippen molar-refractivity contribution in [3.63, 3.8) is 0 Å². The van der Waals surface area contributed by atoms with E-state index < -0.39 is 17.5 Å². The number of benzene rings is 2. The highest BCUT2D eigenvalue weighted by Gasteiger charge is 2.20. The van der Waals surface area contributed by atoms with Gasteiger partial charge in [-0.3, -0.25) is 0 Å². The molecule has 0 spiro atoms. The molecule has 1 aliphatic heterocycles. The van der Waals surface area contributed by atoms with Gasteiger partial charge in [0, 0.05) is 23.7 Å². The Kier molecular flexibility index (Phi) is 3.96. The summed E-state index contributed by atoms with van der Waals surface area (Å²) < 4.78 is 18.0. The van der Waals surface area contributed by atoms with Gasteiger partial charge in [-0.15, -0.1) is 0 Å². The summed E-state index contributed by atoms with van der Waals surface area (Å²) in [5.74, 6) is 0.698. The molecule has 0 fully saturated rings. The lowest BCUT2D eigenvalue weighted by Gasteiger charge is -2.14. The van der Waals surface area contributed by atoms with Crippen LogP contribution in [0, 0.1) is 0 Å². The fourth-order valence-corrected chi connectivity index (χ4v) is 3.45. The van der Waals surface area contributed by atoms with Gasteiger partial charge in [0.1, 0.15) is 5.75 Å². The van der Waals surface area contributed by atoms with E-state index in [1.54, 1.807) is 12.1 Å². The third-order valence-electron chi connectivity index (χ3n) is 3.36. The first kappa shape index (κ1) is 13.5. The van der Waals surface area contributed by atoms with Crippen LogP contribution in [-0.4, -0.2) is 15.9 Å². The third kappa shape index (κ3) is 2.82. The predicted octanol–water partition coefficient (Wildman–Crippen LogP) is 2.89. The maximum absolute atomic E-state index is 12.5. The van der Waals surface area contributed by atoms with Crippen molar-refractivity contribution >= 4 is 11.2 Å². The Labute approximate surface area is 121 Å². The van der Waals surface area contributed by atoms with E-state index in [4.69, 9.17) is 4.74 Å². The first-order valence-corrected chi connectivity index (χ1v) is 7.83. The zero-order valence-corrected chi connectivity index (χ0v) is 11.8. The highest BCUT2D eigenvalue weighted by Crippen LogP contribution is 2.30. The van der Waals surface area contributed by atoms with Crippen LogP contribution in [0.2, 0.25) is 0 Å². The SMILES string of the molecule is [O-][S+](c1ccccc1)c1ccc2c(c1)CCCC(O)O2. The summed E-state index contributed by atoms with van der Waals surface area (Å²) in [7, 11) is 0. The van der Waals surface area contributed by atoms with E-state index >= 15 is 0 Å². The molecule has 2 aromatic rings. The van der Waals surface area contributed by atoms with Crippen LogP contribution in [0.25, 0.3) is 0 Å². The van der Waals surface area contributed by atoms with Gasteiger partial charge in [-0.1, -0.05) is 18.2 Å². The Balaban J connectivity index is 1.90. The number of aliphatic hydroxyl groups excluding tert-OH is 1. The van der Waals surface area contributed by atoms with Crippen molar-refractivity contribution in [1.29, 1.82) is 0 Å². The molecule has 1 heterocycles. The predicted molar refractivity (Wildman–Crippen MR) is 77.1 cm³/mol. The molecule has 0 saturated heterocycles. The van der Waals surface area contributed by atoms with Crippen LogP contribution in [0.1, 0.15) is 18.4 Å². The first-order chi connectivity index (χ1) is 9.74. The standard InChI is InChI=1S/C16H16O3S/c17-16-8-4-5-12-11-14(9-10-15(12)19-16)20(18)13-6-2-1-3-7-13/h1-3,6-7,9-11,16-17H,4-5,8H2. The monoisotopic (exact) mass is 288 g/mol. The normalized spacial score (nSPS) is 19.6. The zero-order valence-electron chi connectivity index (χ0n) is 11.0. The summed E-state index contributed by atoms with van der Waals surface area (Å²) in [6, 6.07) is 14.9. The van der Waals surface area contributed by atoms with Crippen molar-refractivity contribution < 1.29 is 14.4 Å². The Morgan fingerprint density at radius 3 is 2.70 bits per heavy atom. The summed E-state index contributed by atoms with van der Waals surface area (Å²) in [6.45, 7) is 0. The van der Waals surface area contributed by atoms with Gasteiger partial charge in [-0.2, -0.15) is 0 Å². The number of hydrogen-bond acceptors (Lipinski definition) is 3. The lowest BCUT2D eigenvalue weighted by molar-refractivity contribution is -0.0205. The molecule has 2 atom stereocenters. The van der Waals surface area contributed by atoms with E-state index in [0.717, 1.165) is 28.2 Å². The molecule has 0 saturated carbocycles. The number of rotatable bonds is 2. The van der Waals surface area contributed by atoms with Gasteiger partial charge in [0.05, 0.1) is 0 Å². The molecule has 0 aromatic heterocycles. The zero-order chi connectivity index (χ0) is 13.9. The molecule has 3 nitrogen and oxygen atoms in total. The van der Waals surface area contributed by atoms with E-state index in [-0.39, 0.29) is 0 Å². The van der Waals surface area contributed by atoms with Crippen molar-refractivity contribution in [1.82, 2.24) is 0 Å². The number of hydrogen-bond donors (Lipinski definition) is 1. The second kappa shape index (κ2) is 5.87. The van der Waals surface area contributed by atoms with E-state index in [1.165, 1.54) is 0 Å². The summed E-state index contributed by atoms with van der Waals surface area (Å²) >= 11 is -1.18. The van der Waals surface area contributed by atoms with E-state index in [9.17, 15) is 9.66 Å². The van der Waals surface area contributed by atoms with Gasteiger partial charge >= 0.3 is 0 Å². The van der Waals surface area contributed by atoms with Crippen molar-refractivity contribution in [2.75, 3.05) is 0 Å². The minimum atomic E-state index is -1.18. The van der Waals surface area contributed by atoms with E-state index in [0.29, 0.717) is 12.2 Å². The van der Waals surface area contributed by atoms with Crippen molar-refractivity contribution in [3.8, 4) is 5.75 Å². The molecule has 0 bridgehead atoms. The quantitative estimate of drug-likeness (QED) is 0.865. The lowest BCUT2D eigenvalue weighted by Crippen LogP contribution is -2.13. The van der Waals surface area contributed by atoms with Crippen molar-refractivity contribution in [2.45, 2.75) is 35.3 Å². The number of fused-ring (bicyclic) bond motifs is 1. The Morgan fingerprint density at radius 1 is 1.10 bits per heavy atom. The number of ether oxygens (including phenoxy) is 1. The summed E-state index contributed by atoms with van der Waals surface area (Å²) in [6.07, 6.45) is 1.61. The fourth-order valence-electron chi connectivity index (χ4n) is 2.33. The van der Waals surface area contributed by atoms with Gasteiger partial charge in [0.2, 0.25) is 0 Å². The second-order valence-electron chi connectivity index (χ2n) is 4.82. The maximum atomic E-state index is 12.5. The number of aryl methyl sites for hydroxylation is 1. The van der Waals surface area contributed by atoms with Crippen molar-refractivity contribution in [2.24, 2.45) is 0 Å². The fraction of sp³-hybridized carbons (Fsp3) is 0.250. The Hall–Kier alpha value is -1.49. The lowest BCUT2D eigenvalue weighted by atomic mass is 10.1. The molecule has 2 aromatic carbocycles. The van der Waals surface area contributed by atoms with Gasteiger partial charge in [0.15, 0.2) is 16.1 Å². The molecule has 4 heteroatoms. The van der Waals surface area contributed by atoms with Gasteiger partial charge < -0.3 is 14.4 Å². The molecule has 1 N–H and O–H groups in total. The molecule has 0 aliphatic carbocycles. The van der Waals surface area contributed by atoms with Gasteiger partial charge in [0.25, 0.3) is 0 Å². The summed E-state index contributed by atoms with van der Waals surface area (Å²) in [5, 5.41) is 9.61. The van der Waals surface area contributed by atoms with Crippen LogP contribution in [0.3, 0.4) is 0 Å². The van der Waals surface area contributed by atoms with Gasteiger partial charge in [-0.05, 0) is 42.7 Å². The smallest absolute Gasteiger partial charge is 0.197 e. The van der Waals surface area contributed by atoms with Crippen LogP contribution < -0.4 is 4.74 Å². The number of aliphatic hydroxyl groups is 1. The minimum Gasteiger partial charge on any atom is -0.606 e. The Bertz CT molecular complexity index is 586. The van der Waals surface area contributed by atoms with Crippen LogP contribution >= 0.6 is 0 Å². The average Bonchev–Trinajstić information content (AvgIpc) is 2.67. The van der Waals surface area contributed by atoms with Crippen molar-refractivity contribution in [3.05, 3.63) is 54.1 Å². The van der Waals surface area contributed by atoms with Crippen LogP contribution in [0.15, 0.2) is 58.3 Å². The molecule has 20 heavy (non-hydrogen) atoms. The van der Waals surface area contributed by atoms with Gasteiger partial charge in [-0.25, -0.2) is 0 Å². The van der Waals surface area contributed by atoms with Crippen LogP contribution in [0.5, 0.6) is 5.75 Å². The topological polar surface area (TPSA) is 52.5 Å². The minimum absolute atomic E-state index is 0.631. The maximum Gasteiger partial charge on any atom is 0.197 e. The average molecular weight is 288 g/mol. The van der Waals surface area contributed by atoms with Crippen LogP contribution in [-0.2, 0) is 17.6 Å². The summed E-state index contributed by atoms with van der Waals surface area (Å²) in [4.78, 5) is 1.57.